The second-order valence-electron chi connectivity index (χ2n) is 5.62. The van der Waals surface area contributed by atoms with Crippen molar-refractivity contribution in [1.29, 1.82) is 0 Å². The second-order valence-corrected chi connectivity index (χ2v) is 6.97. The normalized spacial score (nSPS) is 27.2. The maximum atomic E-state index is 11.6. The van der Waals surface area contributed by atoms with Gasteiger partial charge in [0, 0.05) is 6.42 Å². The lowest BCUT2D eigenvalue weighted by molar-refractivity contribution is -0.122. The van der Waals surface area contributed by atoms with Crippen molar-refractivity contribution in [2.75, 3.05) is 6.61 Å². The summed E-state index contributed by atoms with van der Waals surface area (Å²) >= 11 is 5.92. The Balaban J connectivity index is 2.38. The quantitative estimate of drug-likeness (QED) is 0.464. The first-order valence-corrected chi connectivity index (χ1v) is 8.05. The SMILES string of the molecule is CC(C)(CCCO[PH](=O)O)C1CCC(Cl)C(=O)C1. The van der Waals surface area contributed by atoms with Gasteiger partial charge in [-0.1, -0.05) is 13.8 Å². The van der Waals surface area contributed by atoms with E-state index < -0.39 is 8.25 Å². The van der Waals surface area contributed by atoms with Crippen LogP contribution < -0.4 is 0 Å². The minimum Gasteiger partial charge on any atom is -0.326 e. The molecule has 1 aliphatic carbocycles. The van der Waals surface area contributed by atoms with Gasteiger partial charge in [-0.15, -0.1) is 11.6 Å². The third-order valence-electron chi connectivity index (χ3n) is 3.86. The summed E-state index contributed by atoms with van der Waals surface area (Å²) in [6.07, 6.45) is 3.91. The highest BCUT2D eigenvalue weighted by Crippen LogP contribution is 2.41. The Morgan fingerprint density at radius 2 is 2.17 bits per heavy atom. The number of carbonyl (C=O) groups excluding carboxylic acids is 1. The standard InChI is InChI=1S/C12H22ClO4P/c1-12(2,6-3-7-17-18(15)16)9-4-5-10(13)11(14)8-9/h9-10,18H,3-8H2,1-2H3,(H,15,16). The molecule has 106 valence electrons. The van der Waals surface area contributed by atoms with Crippen LogP contribution in [0.5, 0.6) is 0 Å². The average molecular weight is 297 g/mol. The summed E-state index contributed by atoms with van der Waals surface area (Å²) in [7, 11) is -2.81. The van der Waals surface area contributed by atoms with Crippen molar-refractivity contribution in [2.24, 2.45) is 11.3 Å². The predicted molar refractivity (Wildman–Crippen MR) is 72.2 cm³/mol. The number of ketones is 1. The van der Waals surface area contributed by atoms with Crippen LogP contribution in [0.2, 0.25) is 0 Å². The Kier molecular flexibility index (Phi) is 6.32. The summed E-state index contributed by atoms with van der Waals surface area (Å²) in [6, 6.07) is 0. The highest BCUT2D eigenvalue weighted by Gasteiger charge is 2.36. The van der Waals surface area contributed by atoms with Crippen LogP contribution in [0.1, 0.15) is 46.0 Å². The van der Waals surface area contributed by atoms with Gasteiger partial charge in [0.25, 0.3) is 0 Å². The second kappa shape index (κ2) is 7.04. The predicted octanol–water partition coefficient (Wildman–Crippen LogP) is 3.17. The van der Waals surface area contributed by atoms with Gasteiger partial charge in [-0.25, -0.2) is 0 Å². The van der Waals surface area contributed by atoms with E-state index in [1.54, 1.807) is 0 Å². The van der Waals surface area contributed by atoms with Crippen LogP contribution in [0.25, 0.3) is 0 Å². The lowest BCUT2D eigenvalue weighted by atomic mass is 9.68. The summed E-state index contributed by atoms with van der Waals surface area (Å²) in [5, 5.41) is -0.305. The van der Waals surface area contributed by atoms with Crippen molar-refractivity contribution in [3.63, 3.8) is 0 Å². The van der Waals surface area contributed by atoms with Crippen molar-refractivity contribution in [3.05, 3.63) is 0 Å². The molecule has 0 spiro atoms. The molecule has 4 nitrogen and oxygen atoms in total. The number of halogens is 1. The fraction of sp³-hybridized carbons (Fsp3) is 0.917. The minimum absolute atomic E-state index is 0.0429. The number of hydrogen-bond donors (Lipinski definition) is 1. The molecule has 0 saturated heterocycles. The van der Waals surface area contributed by atoms with Crippen LogP contribution in [0, 0.1) is 11.3 Å². The monoisotopic (exact) mass is 296 g/mol. The van der Waals surface area contributed by atoms with Crippen LogP contribution in [-0.2, 0) is 13.9 Å². The molecule has 0 aromatic carbocycles. The zero-order valence-electron chi connectivity index (χ0n) is 10.9. The topological polar surface area (TPSA) is 63.6 Å². The fourth-order valence-electron chi connectivity index (χ4n) is 2.54. The Labute approximate surface area is 114 Å². The molecule has 0 aromatic rings. The van der Waals surface area contributed by atoms with Gasteiger partial charge in [-0.2, -0.15) is 0 Å². The van der Waals surface area contributed by atoms with Crippen LogP contribution in [0.3, 0.4) is 0 Å². The van der Waals surface area contributed by atoms with E-state index >= 15 is 0 Å². The van der Waals surface area contributed by atoms with Crippen LogP contribution >= 0.6 is 19.9 Å². The van der Waals surface area contributed by atoms with Crippen LogP contribution in [0.4, 0.5) is 0 Å². The summed E-state index contributed by atoms with van der Waals surface area (Å²) in [5.41, 5.74) is 0.0429. The van der Waals surface area contributed by atoms with E-state index in [0.29, 0.717) is 18.9 Å². The molecule has 1 aliphatic rings. The number of hydrogen-bond acceptors (Lipinski definition) is 3. The van der Waals surface area contributed by atoms with E-state index in [1.165, 1.54) is 0 Å². The molecule has 0 heterocycles. The van der Waals surface area contributed by atoms with E-state index in [9.17, 15) is 9.36 Å². The van der Waals surface area contributed by atoms with Crippen molar-refractivity contribution >= 4 is 25.6 Å². The highest BCUT2D eigenvalue weighted by atomic mass is 35.5. The van der Waals surface area contributed by atoms with Gasteiger partial charge in [0.1, 0.15) is 0 Å². The molecule has 0 bridgehead atoms. The zero-order valence-corrected chi connectivity index (χ0v) is 12.7. The smallest absolute Gasteiger partial charge is 0.316 e. The first-order valence-electron chi connectivity index (χ1n) is 6.35. The molecular weight excluding hydrogens is 275 g/mol. The number of Topliss-reactive ketones (excluding diaryl/α,β-unsaturated/α-hetero) is 1. The number of alkyl halides is 1. The van der Waals surface area contributed by atoms with Gasteiger partial charge in [0.05, 0.1) is 12.0 Å². The number of rotatable bonds is 6. The highest BCUT2D eigenvalue weighted by molar-refractivity contribution is 7.32. The molecule has 3 unspecified atom stereocenters. The summed E-state index contributed by atoms with van der Waals surface area (Å²) in [6.45, 7) is 4.58. The summed E-state index contributed by atoms with van der Waals surface area (Å²) in [5.74, 6) is 0.504. The van der Waals surface area contributed by atoms with Gasteiger partial charge in [-0.3, -0.25) is 9.36 Å². The van der Waals surface area contributed by atoms with Crippen molar-refractivity contribution in [1.82, 2.24) is 0 Å². The Morgan fingerprint density at radius 3 is 2.72 bits per heavy atom. The Hall–Kier alpha value is 0.110. The Morgan fingerprint density at radius 1 is 1.50 bits per heavy atom. The Bertz CT molecular complexity index is 319. The van der Waals surface area contributed by atoms with Gasteiger partial charge in [0.15, 0.2) is 5.78 Å². The lowest BCUT2D eigenvalue weighted by Crippen LogP contribution is -2.34. The molecule has 1 fully saturated rings. The largest absolute Gasteiger partial charge is 0.326 e. The third kappa shape index (κ3) is 5.00. The van der Waals surface area contributed by atoms with Crippen molar-refractivity contribution in [3.8, 4) is 0 Å². The average Bonchev–Trinajstić information content (AvgIpc) is 2.28. The summed E-state index contributed by atoms with van der Waals surface area (Å²) in [4.78, 5) is 20.2. The van der Waals surface area contributed by atoms with E-state index in [-0.39, 0.29) is 16.6 Å². The molecule has 18 heavy (non-hydrogen) atoms. The fourth-order valence-corrected chi connectivity index (χ4v) is 3.07. The maximum Gasteiger partial charge on any atom is 0.316 e. The molecule has 0 aromatic heterocycles. The minimum atomic E-state index is -2.81. The van der Waals surface area contributed by atoms with E-state index in [1.807, 2.05) is 0 Å². The van der Waals surface area contributed by atoms with Crippen LogP contribution in [-0.4, -0.2) is 22.7 Å². The van der Waals surface area contributed by atoms with Gasteiger partial charge < -0.3 is 9.42 Å². The molecule has 0 radical (unpaired) electrons. The van der Waals surface area contributed by atoms with E-state index in [0.717, 1.165) is 25.7 Å². The van der Waals surface area contributed by atoms with Gasteiger partial charge in [0.2, 0.25) is 0 Å². The van der Waals surface area contributed by atoms with Crippen molar-refractivity contribution in [2.45, 2.75) is 51.3 Å². The zero-order chi connectivity index (χ0) is 13.8. The molecule has 0 aliphatic heterocycles. The summed E-state index contributed by atoms with van der Waals surface area (Å²) < 4.78 is 15.1. The molecule has 3 atom stereocenters. The first-order chi connectivity index (χ1) is 8.33. The third-order valence-corrected chi connectivity index (χ3v) is 4.77. The molecule has 6 heteroatoms. The van der Waals surface area contributed by atoms with E-state index in [4.69, 9.17) is 16.5 Å². The van der Waals surface area contributed by atoms with Gasteiger partial charge >= 0.3 is 8.25 Å². The van der Waals surface area contributed by atoms with Crippen molar-refractivity contribution < 1.29 is 18.8 Å². The maximum absolute atomic E-state index is 11.6. The lowest BCUT2D eigenvalue weighted by Gasteiger charge is -2.37. The first kappa shape index (κ1) is 16.2. The van der Waals surface area contributed by atoms with Crippen LogP contribution in [0.15, 0.2) is 0 Å². The number of carbonyl (C=O) groups is 1. The molecule has 1 rings (SSSR count). The molecule has 1 N–H and O–H groups in total. The molecule has 0 amide bonds. The molecule has 1 saturated carbocycles. The van der Waals surface area contributed by atoms with Gasteiger partial charge in [-0.05, 0) is 37.0 Å². The molecular formula is C12H22ClO4P. The van der Waals surface area contributed by atoms with E-state index in [2.05, 4.69) is 18.4 Å².